The zero-order valence-electron chi connectivity index (χ0n) is 8.95. The van der Waals surface area contributed by atoms with Gasteiger partial charge in [0.25, 0.3) is 5.91 Å². The Balaban J connectivity index is 2.64. The van der Waals surface area contributed by atoms with Crippen LogP contribution in [0.25, 0.3) is 0 Å². The van der Waals surface area contributed by atoms with E-state index in [9.17, 15) is 4.79 Å². The van der Waals surface area contributed by atoms with Crippen LogP contribution in [0.3, 0.4) is 0 Å². The second kappa shape index (κ2) is 6.48. The summed E-state index contributed by atoms with van der Waals surface area (Å²) in [5.74, 6) is -0.0444. The van der Waals surface area contributed by atoms with E-state index in [1.807, 2.05) is 30.5 Å². The first-order valence-corrected chi connectivity index (χ1v) is 5.92. The van der Waals surface area contributed by atoms with Gasteiger partial charge in [-0.25, -0.2) is 0 Å². The highest BCUT2D eigenvalue weighted by Gasteiger charge is 2.08. The fourth-order valence-corrected chi connectivity index (χ4v) is 1.79. The molecule has 0 spiro atoms. The molecule has 0 aliphatic rings. The molecule has 0 saturated heterocycles. The smallest absolute Gasteiger partial charge is 0.252 e. The van der Waals surface area contributed by atoms with Crippen molar-refractivity contribution in [2.24, 2.45) is 0 Å². The molecule has 0 fully saturated rings. The number of rotatable bonds is 5. The normalized spacial score (nSPS) is 10.0. The summed E-state index contributed by atoms with van der Waals surface area (Å²) in [6.45, 7) is 1.07. The van der Waals surface area contributed by atoms with Crippen molar-refractivity contribution in [3.63, 3.8) is 0 Å². The molecule has 0 heterocycles. The van der Waals surface area contributed by atoms with E-state index in [1.165, 1.54) is 0 Å². The Morgan fingerprint density at radius 1 is 1.47 bits per heavy atom. The second-order valence-corrected chi connectivity index (χ2v) is 3.80. The maximum Gasteiger partial charge on any atom is 0.252 e. The van der Waals surface area contributed by atoms with E-state index in [0.717, 1.165) is 10.5 Å². The zero-order chi connectivity index (χ0) is 11.1. The Kier molecular flexibility index (Phi) is 5.21. The monoisotopic (exact) mass is 225 g/mol. The third kappa shape index (κ3) is 3.57. The zero-order valence-corrected chi connectivity index (χ0v) is 9.76. The van der Waals surface area contributed by atoms with Crippen LogP contribution in [-0.4, -0.2) is 32.4 Å². The summed E-state index contributed by atoms with van der Waals surface area (Å²) >= 11 is 1.57. The van der Waals surface area contributed by atoms with E-state index < -0.39 is 0 Å². The summed E-state index contributed by atoms with van der Waals surface area (Å²) in [7, 11) is 1.61. The average molecular weight is 225 g/mol. The number of amides is 1. The van der Waals surface area contributed by atoms with Gasteiger partial charge in [0.05, 0.1) is 12.2 Å². The molecule has 0 unspecified atom stereocenters. The van der Waals surface area contributed by atoms with Crippen LogP contribution in [0, 0.1) is 0 Å². The third-order valence-corrected chi connectivity index (χ3v) is 2.74. The van der Waals surface area contributed by atoms with Gasteiger partial charge in [-0.2, -0.15) is 0 Å². The molecule has 15 heavy (non-hydrogen) atoms. The fourth-order valence-electron chi connectivity index (χ4n) is 1.19. The number of methoxy groups -OCH3 is 1. The van der Waals surface area contributed by atoms with E-state index in [1.54, 1.807) is 18.9 Å². The number of nitrogens with one attached hydrogen (secondary N) is 1. The molecule has 0 atom stereocenters. The molecular weight excluding hydrogens is 210 g/mol. The van der Waals surface area contributed by atoms with Crippen LogP contribution in [0.4, 0.5) is 0 Å². The van der Waals surface area contributed by atoms with Crippen molar-refractivity contribution in [1.82, 2.24) is 5.32 Å². The van der Waals surface area contributed by atoms with Gasteiger partial charge in [-0.1, -0.05) is 12.1 Å². The lowest BCUT2D eigenvalue weighted by atomic mass is 10.2. The van der Waals surface area contributed by atoms with Crippen LogP contribution in [-0.2, 0) is 4.74 Å². The molecule has 1 rings (SSSR count). The first-order valence-electron chi connectivity index (χ1n) is 4.69. The average Bonchev–Trinajstić information content (AvgIpc) is 2.29. The molecule has 3 nitrogen and oxygen atoms in total. The number of benzene rings is 1. The Morgan fingerprint density at radius 3 is 2.87 bits per heavy atom. The van der Waals surface area contributed by atoms with Crippen molar-refractivity contribution in [3.05, 3.63) is 29.8 Å². The lowest BCUT2D eigenvalue weighted by molar-refractivity contribution is 0.0934. The van der Waals surface area contributed by atoms with Gasteiger partial charge in [-0.3, -0.25) is 4.79 Å². The lowest BCUT2D eigenvalue weighted by Crippen LogP contribution is -2.27. The predicted octanol–water partition coefficient (Wildman–Crippen LogP) is 1.78. The minimum atomic E-state index is -0.0444. The van der Waals surface area contributed by atoms with Crippen molar-refractivity contribution in [2.45, 2.75) is 4.90 Å². The molecule has 0 aromatic heterocycles. The first-order chi connectivity index (χ1) is 7.29. The number of ether oxygens (including phenoxy) is 1. The van der Waals surface area contributed by atoms with Gasteiger partial charge in [0, 0.05) is 18.6 Å². The van der Waals surface area contributed by atoms with Crippen molar-refractivity contribution in [2.75, 3.05) is 26.5 Å². The second-order valence-electron chi connectivity index (χ2n) is 2.95. The molecule has 0 aliphatic heterocycles. The lowest BCUT2D eigenvalue weighted by Gasteiger charge is -2.07. The Morgan fingerprint density at radius 2 is 2.20 bits per heavy atom. The number of hydrogen-bond acceptors (Lipinski definition) is 3. The maximum absolute atomic E-state index is 11.7. The van der Waals surface area contributed by atoms with Gasteiger partial charge in [0.15, 0.2) is 0 Å². The molecule has 1 aromatic rings. The molecule has 0 bridgehead atoms. The maximum atomic E-state index is 11.7. The van der Waals surface area contributed by atoms with Crippen molar-refractivity contribution in [3.8, 4) is 0 Å². The van der Waals surface area contributed by atoms with Gasteiger partial charge in [-0.15, -0.1) is 11.8 Å². The number of thioether (sulfide) groups is 1. The minimum absolute atomic E-state index is 0.0444. The summed E-state index contributed by atoms with van der Waals surface area (Å²) in [6, 6.07) is 7.56. The molecule has 0 radical (unpaired) electrons. The Labute approximate surface area is 94.2 Å². The van der Waals surface area contributed by atoms with Crippen LogP contribution in [0.1, 0.15) is 10.4 Å². The first kappa shape index (κ1) is 12.1. The molecule has 1 amide bonds. The largest absolute Gasteiger partial charge is 0.383 e. The van der Waals surface area contributed by atoms with Crippen LogP contribution in [0.15, 0.2) is 29.2 Å². The van der Waals surface area contributed by atoms with E-state index in [-0.39, 0.29) is 5.91 Å². The summed E-state index contributed by atoms with van der Waals surface area (Å²) < 4.78 is 4.86. The molecule has 4 heteroatoms. The van der Waals surface area contributed by atoms with E-state index >= 15 is 0 Å². The van der Waals surface area contributed by atoms with Crippen LogP contribution in [0.5, 0.6) is 0 Å². The molecule has 82 valence electrons. The molecule has 1 aromatic carbocycles. The molecule has 0 aliphatic carbocycles. The standard InChI is InChI=1S/C11H15NO2S/c1-14-8-7-12-11(13)9-5-3-4-6-10(9)15-2/h3-6H,7-8H2,1-2H3,(H,12,13). The van der Waals surface area contributed by atoms with E-state index in [2.05, 4.69) is 5.32 Å². The molecular formula is C11H15NO2S. The van der Waals surface area contributed by atoms with Gasteiger partial charge in [-0.05, 0) is 18.4 Å². The Hall–Kier alpha value is -1.00. The molecule has 0 saturated carbocycles. The quantitative estimate of drug-likeness (QED) is 0.613. The minimum Gasteiger partial charge on any atom is -0.383 e. The van der Waals surface area contributed by atoms with Gasteiger partial charge in [0.1, 0.15) is 0 Å². The summed E-state index contributed by atoms with van der Waals surface area (Å²) in [4.78, 5) is 12.7. The fraction of sp³-hybridized carbons (Fsp3) is 0.364. The van der Waals surface area contributed by atoms with Crippen LogP contribution < -0.4 is 5.32 Å². The van der Waals surface area contributed by atoms with Gasteiger partial charge in [0.2, 0.25) is 0 Å². The predicted molar refractivity (Wildman–Crippen MR) is 62.4 cm³/mol. The van der Waals surface area contributed by atoms with Crippen molar-refractivity contribution in [1.29, 1.82) is 0 Å². The molecule has 1 N–H and O–H groups in total. The van der Waals surface area contributed by atoms with Crippen LogP contribution in [0.2, 0.25) is 0 Å². The van der Waals surface area contributed by atoms with Crippen molar-refractivity contribution < 1.29 is 9.53 Å². The number of hydrogen-bond donors (Lipinski definition) is 1. The van der Waals surface area contributed by atoms with Gasteiger partial charge < -0.3 is 10.1 Å². The summed E-state index contributed by atoms with van der Waals surface area (Å²) in [6.07, 6.45) is 1.96. The number of carbonyl (C=O) groups excluding carboxylic acids is 1. The SMILES string of the molecule is COCCNC(=O)c1ccccc1SC. The topological polar surface area (TPSA) is 38.3 Å². The van der Waals surface area contributed by atoms with Gasteiger partial charge >= 0.3 is 0 Å². The Bertz CT molecular complexity index is 328. The van der Waals surface area contributed by atoms with Crippen molar-refractivity contribution >= 4 is 17.7 Å². The third-order valence-electron chi connectivity index (χ3n) is 1.94. The highest BCUT2D eigenvalue weighted by Crippen LogP contribution is 2.19. The van der Waals surface area contributed by atoms with E-state index in [0.29, 0.717) is 13.2 Å². The highest BCUT2D eigenvalue weighted by molar-refractivity contribution is 7.98. The van der Waals surface area contributed by atoms with Crippen LogP contribution >= 0.6 is 11.8 Å². The highest BCUT2D eigenvalue weighted by atomic mass is 32.2. The van der Waals surface area contributed by atoms with E-state index in [4.69, 9.17) is 4.74 Å². The number of carbonyl (C=O) groups is 1. The summed E-state index contributed by atoms with van der Waals surface area (Å²) in [5, 5.41) is 2.80. The summed E-state index contributed by atoms with van der Waals surface area (Å²) in [5.41, 5.74) is 0.723.